The molecule has 1 N–H and O–H groups in total. The predicted molar refractivity (Wildman–Crippen MR) is 71.7 cm³/mol. The molecule has 0 fully saturated rings. The normalized spacial score (nSPS) is 11.8. The number of rotatable bonds is 4. The highest BCUT2D eigenvalue weighted by Gasteiger charge is 2.16. The molecule has 2 aromatic rings. The van der Waals surface area contributed by atoms with E-state index in [0.29, 0.717) is 11.8 Å². The first kappa shape index (κ1) is 13.5. The predicted octanol–water partition coefficient (Wildman–Crippen LogP) is 1.16. The van der Waals surface area contributed by atoms with Gasteiger partial charge in [-0.2, -0.15) is 9.78 Å². The van der Waals surface area contributed by atoms with E-state index in [1.54, 1.807) is 24.5 Å². The Kier molecular flexibility index (Phi) is 3.52. The summed E-state index contributed by atoms with van der Waals surface area (Å²) < 4.78 is 26.5. The molecule has 0 unspecified atom stereocenters. The third-order valence-corrected chi connectivity index (χ3v) is 2.93. The average molecular weight is 281 g/mol. The van der Waals surface area contributed by atoms with Crippen LogP contribution in [0.1, 0.15) is 25.5 Å². The van der Waals surface area contributed by atoms with Crippen LogP contribution < -0.4 is 4.72 Å². The van der Waals surface area contributed by atoms with Gasteiger partial charge >= 0.3 is 0 Å². The Balaban J connectivity index is 2.52. The highest BCUT2D eigenvalue weighted by atomic mass is 32.2. The van der Waals surface area contributed by atoms with E-state index in [9.17, 15) is 8.42 Å². The lowest BCUT2D eigenvalue weighted by Gasteiger charge is -2.05. The summed E-state index contributed by atoms with van der Waals surface area (Å²) in [7, 11) is -3.39. The molecule has 0 spiro atoms. The van der Waals surface area contributed by atoms with Crippen molar-refractivity contribution in [3.63, 3.8) is 0 Å². The summed E-state index contributed by atoms with van der Waals surface area (Å²) in [6, 6.07) is 3.36. The molecule has 0 atom stereocenters. The summed E-state index contributed by atoms with van der Waals surface area (Å²) >= 11 is 0. The van der Waals surface area contributed by atoms with E-state index in [2.05, 4.69) is 19.8 Å². The summed E-state index contributed by atoms with van der Waals surface area (Å²) in [5.41, 5.74) is 0.763. The molecule has 19 heavy (non-hydrogen) atoms. The second kappa shape index (κ2) is 4.96. The van der Waals surface area contributed by atoms with Crippen LogP contribution in [0.2, 0.25) is 0 Å². The van der Waals surface area contributed by atoms with Gasteiger partial charge in [-0.1, -0.05) is 13.8 Å². The molecule has 2 rings (SSSR count). The van der Waals surface area contributed by atoms with E-state index in [4.69, 9.17) is 0 Å². The second-order valence-corrected chi connectivity index (χ2v) is 6.19. The van der Waals surface area contributed by atoms with E-state index in [1.165, 1.54) is 4.68 Å². The van der Waals surface area contributed by atoms with Crippen LogP contribution >= 0.6 is 0 Å². The molecule has 0 saturated heterocycles. The van der Waals surface area contributed by atoms with Gasteiger partial charge in [0.15, 0.2) is 0 Å². The van der Waals surface area contributed by atoms with Gasteiger partial charge in [-0.15, -0.1) is 0 Å². The van der Waals surface area contributed by atoms with Crippen LogP contribution in [0.4, 0.5) is 5.82 Å². The molecule has 2 heterocycles. The fourth-order valence-electron chi connectivity index (χ4n) is 1.50. The Bertz CT molecular complexity index is 664. The minimum atomic E-state index is -3.39. The zero-order valence-corrected chi connectivity index (χ0v) is 11.7. The average Bonchev–Trinajstić information content (AvgIpc) is 2.72. The molecule has 0 saturated carbocycles. The molecule has 0 amide bonds. The Morgan fingerprint density at radius 2 is 1.89 bits per heavy atom. The minimum absolute atomic E-state index is 0.171. The maximum Gasteiger partial charge on any atom is 0.252 e. The Morgan fingerprint density at radius 3 is 2.42 bits per heavy atom. The number of nitrogens with one attached hydrogen (secondary N) is 1. The maximum absolute atomic E-state index is 11.4. The number of hydrogen-bond donors (Lipinski definition) is 1. The van der Waals surface area contributed by atoms with Gasteiger partial charge in [-0.05, 0) is 12.0 Å². The zero-order valence-electron chi connectivity index (χ0n) is 10.9. The van der Waals surface area contributed by atoms with Crippen molar-refractivity contribution in [2.75, 3.05) is 11.0 Å². The SMILES string of the molecule is CC(C)c1cc(NS(C)(=O)=O)n(-c2ncccn2)n1. The van der Waals surface area contributed by atoms with Crippen LogP contribution in [0.25, 0.3) is 5.95 Å². The lowest BCUT2D eigenvalue weighted by Crippen LogP contribution is -2.14. The first-order valence-electron chi connectivity index (χ1n) is 5.72. The molecule has 0 aliphatic rings. The first-order valence-corrected chi connectivity index (χ1v) is 7.61. The lowest BCUT2D eigenvalue weighted by atomic mass is 10.1. The van der Waals surface area contributed by atoms with E-state index in [1.807, 2.05) is 13.8 Å². The van der Waals surface area contributed by atoms with Crippen LogP contribution in [-0.4, -0.2) is 34.4 Å². The molecular formula is C11H15N5O2S. The Hall–Kier alpha value is -1.96. The third-order valence-electron chi connectivity index (χ3n) is 2.35. The monoisotopic (exact) mass is 281 g/mol. The molecule has 0 bridgehead atoms. The van der Waals surface area contributed by atoms with Crippen LogP contribution in [-0.2, 0) is 10.0 Å². The van der Waals surface area contributed by atoms with Crippen molar-refractivity contribution >= 4 is 15.8 Å². The van der Waals surface area contributed by atoms with Crippen molar-refractivity contribution in [2.45, 2.75) is 19.8 Å². The third kappa shape index (κ3) is 3.28. The van der Waals surface area contributed by atoms with Gasteiger partial charge in [0.2, 0.25) is 10.0 Å². The van der Waals surface area contributed by atoms with Crippen molar-refractivity contribution in [1.82, 2.24) is 19.7 Å². The van der Waals surface area contributed by atoms with Gasteiger partial charge in [0.1, 0.15) is 5.82 Å². The Morgan fingerprint density at radius 1 is 1.26 bits per heavy atom. The molecule has 0 aliphatic heterocycles. The van der Waals surface area contributed by atoms with Crippen LogP contribution in [0.3, 0.4) is 0 Å². The molecular weight excluding hydrogens is 266 g/mol. The van der Waals surface area contributed by atoms with Crippen LogP contribution in [0.5, 0.6) is 0 Å². The summed E-state index contributed by atoms with van der Waals surface area (Å²) in [4.78, 5) is 8.13. The molecule has 0 aromatic carbocycles. The molecule has 7 nitrogen and oxygen atoms in total. The summed E-state index contributed by atoms with van der Waals surface area (Å²) in [6.45, 7) is 3.95. The number of anilines is 1. The van der Waals surface area contributed by atoms with Crippen molar-refractivity contribution in [2.24, 2.45) is 0 Å². The van der Waals surface area contributed by atoms with Crippen molar-refractivity contribution in [1.29, 1.82) is 0 Å². The lowest BCUT2D eigenvalue weighted by molar-refractivity contribution is 0.606. The van der Waals surface area contributed by atoms with Gasteiger partial charge in [-0.3, -0.25) is 4.72 Å². The topological polar surface area (TPSA) is 89.8 Å². The van der Waals surface area contributed by atoms with Gasteiger partial charge in [0, 0.05) is 18.5 Å². The van der Waals surface area contributed by atoms with Crippen molar-refractivity contribution in [3.8, 4) is 5.95 Å². The highest BCUT2D eigenvalue weighted by molar-refractivity contribution is 7.92. The van der Waals surface area contributed by atoms with E-state index < -0.39 is 10.0 Å². The molecule has 0 radical (unpaired) electrons. The quantitative estimate of drug-likeness (QED) is 0.908. The largest absolute Gasteiger partial charge is 0.267 e. The van der Waals surface area contributed by atoms with Gasteiger partial charge in [-0.25, -0.2) is 18.4 Å². The first-order chi connectivity index (χ1) is 8.87. The second-order valence-electron chi connectivity index (χ2n) is 4.44. The maximum atomic E-state index is 11.4. The Labute approximate surface area is 111 Å². The number of hydrogen-bond acceptors (Lipinski definition) is 5. The number of sulfonamides is 1. The van der Waals surface area contributed by atoms with Gasteiger partial charge in [0.05, 0.1) is 11.9 Å². The van der Waals surface area contributed by atoms with Gasteiger partial charge < -0.3 is 0 Å². The number of nitrogens with zero attached hydrogens (tertiary/aromatic N) is 4. The van der Waals surface area contributed by atoms with E-state index in [-0.39, 0.29) is 5.92 Å². The van der Waals surface area contributed by atoms with Gasteiger partial charge in [0.25, 0.3) is 5.95 Å². The van der Waals surface area contributed by atoms with Crippen LogP contribution in [0.15, 0.2) is 24.5 Å². The molecule has 2 aromatic heterocycles. The van der Waals surface area contributed by atoms with E-state index >= 15 is 0 Å². The standard InChI is InChI=1S/C11H15N5O2S/c1-8(2)9-7-10(15-19(3,17)18)16(14-9)11-12-5-4-6-13-11/h4-8,15H,1-3H3. The number of aromatic nitrogens is 4. The minimum Gasteiger partial charge on any atom is -0.267 e. The van der Waals surface area contributed by atoms with Crippen LogP contribution in [0, 0.1) is 0 Å². The molecule has 102 valence electrons. The highest BCUT2D eigenvalue weighted by Crippen LogP contribution is 2.20. The summed E-state index contributed by atoms with van der Waals surface area (Å²) in [5, 5.41) is 4.33. The zero-order chi connectivity index (χ0) is 14.0. The fraction of sp³-hybridized carbons (Fsp3) is 0.364. The summed E-state index contributed by atoms with van der Waals surface area (Å²) in [5.74, 6) is 0.822. The summed E-state index contributed by atoms with van der Waals surface area (Å²) in [6.07, 6.45) is 4.23. The fourth-order valence-corrected chi connectivity index (χ4v) is 2.02. The molecule has 0 aliphatic carbocycles. The van der Waals surface area contributed by atoms with Crippen molar-refractivity contribution in [3.05, 3.63) is 30.2 Å². The smallest absolute Gasteiger partial charge is 0.252 e. The molecule has 8 heteroatoms. The van der Waals surface area contributed by atoms with E-state index in [0.717, 1.165) is 11.9 Å². The van der Waals surface area contributed by atoms with Crippen molar-refractivity contribution < 1.29 is 8.42 Å².